The number of hydrogen-bond acceptors (Lipinski definition) is 5. The molecule has 0 spiro atoms. The van der Waals surface area contributed by atoms with Gasteiger partial charge in [-0.1, -0.05) is 23.9 Å². The van der Waals surface area contributed by atoms with Crippen LogP contribution in [0.2, 0.25) is 0 Å². The lowest BCUT2D eigenvalue weighted by Crippen LogP contribution is -2.27. The molecule has 3 aromatic rings. The molecule has 1 unspecified atom stereocenters. The minimum absolute atomic E-state index is 0.138. The van der Waals surface area contributed by atoms with Gasteiger partial charge in [0.05, 0.1) is 18.0 Å². The van der Waals surface area contributed by atoms with E-state index >= 15 is 0 Å². The number of hydrogen-bond donors (Lipinski definition) is 1. The molecule has 132 valence electrons. The molecule has 1 atom stereocenters. The van der Waals surface area contributed by atoms with Gasteiger partial charge in [0.15, 0.2) is 0 Å². The van der Waals surface area contributed by atoms with Gasteiger partial charge in [0, 0.05) is 11.6 Å². The number of fused-ring (bicyclic) bond motifs is 1. The number of H-pyrrole nitrogens is 1. The third-order valence-electron chi connectivity index (χ3n) is 4.27. The van der Waals surface area contributed by atoms with E-state index in [1.54, 1.807) is 6.20 Å². The minimum atomic E-state index is -0.184. The number of nitrogens with zero attached hydrogens (tertiary/aromatic N) is 2. The van der Waals surface area contributed by atoms with Crippen molar-refractivity contribution in [3.8, 4) is 5.75 Å². The van der Waals surface area contributed by atoms with Crippen LogP contribution >= 0.6 is 11.8 Å². The molecule has 1 aliphatic rings. The van der Waals surface area contributed by atoms with Gasteiger partial charge >= 0.3 is 0 Å². The van der Waals surface area contributed by atoms with Gasteiger partial charge in [-0.2, -0.15) is 0 Å². The molecule has 0 bridgehead atoms. The minimum Gasteiger partial charge on any atom is -0.485 e. The smallest absolute Gasteiger partial charge is 0.289 e. The van der Waals surface area contributed by atoms with Gasteiger partial charge < -0.3 is 9.72 Å². The average Bonchev–Trinajstić information content (AvgIpc) is 3.22. The molecule has 2 aromatic heterocycles. The monoisotopic (exact) mass is 367 g/mol. The number of carbonyl (C=O) groups is 2. The van der Waals surface area contributed by atoms with Crippen LogP contribution in [0.3, 0.4) is 0 Å². The molecular weight excluding hydrogens is 350 g/mol. The molecule has 1 fully saturated rings. The van der Waals surface area contributed by atoms with Crippen LogP contribution in [0.15, 0.2) is 48.7 Å². The molecule has 1 aromatic carbocycles. The molecule has 3 heterocycles. The summed E-state index contributed by atoms with van der Waals surface area (Å²) < 4.78 is 5.99. The van der Waals surface area contributed by atoms with E-state index in [0.717, 1.165) is 39.8 Å². The topological polar surface area (TPSA) is 75.3 Å². The predicted octanol–water partition coefficient (Wildman–Crippen LogP) is 3.90. The first-order valence-corrected chi connectivity index (χ1v) is 9.25. The Labute approximate surface area is 154 Å². The molecule has 0 aliphatic carbocycles. The number of benzene rings is 1. The third kappa shape index (κ3) is 3.30. The number of pyridine rings is 1. The number of carbonyl (C=O) groups excluding carboxylic acids is 2. The van der Waals surface area contributed by atoms with Crippen molar-refractivity contribution >= 4 is 33.9 Å². The zero-order valence-corrected chi connectivity index (χ0v) is 15.0. The highest BCUT2D eigenvalue weighted by molar-refractivity contribution is 8.14. The van der Waals surface area contributed by atoms with Crippen LogP contribution in [-0.4, -0.2) is 31.8 Å². The molecule has 7 heteroatoms. The van der Waals surface area contributed by atoms with E-state index in [1.807, 2.05) is 49.4 Å². The Bertz CT molecular complexity index is 919. The number of rotatable bonds is 5. The van der Waals surface area contributed by atoms with Crippen LogP contribution in [-0.2, 0) is 11.3 Å². The third-order valence-corrected chi connectivity index (χ3v) is 5.13. The second-order valence-electron chi connectivity index (χ2n) is 6.10. The Hall–Kier alpha value is -2.80. The van der Waals surface area contributed by atoms with Gasteiger partial charge in [-0.25, -0.2) is 4.98 Å². The molecular formula is C19H17N3O3S. The lowest BCUT2D eigenvalue weighted by molar-refractivity contribution is -0.125. The largest absolute Gasteiger partial charge is 0.485 e. The van der Waals surface area contributed by atoms with Crippen molar-refractivity contribution < 1.29 is 14.3 Å². The van der Waals surface area contributed by atoms with Crippen molar-refractivity contribution in [3.63, 3.8) is 0 Å². The second-order valence-corrected chi connectivity index (χ2v) is 7.03. The van der Waals surface area contributed by atoms with Gasteiger partial charge in [-0.3, -0.25) is 14.5 Å². The van der Waals surface area contributed by atoms with E-state index in [2.05, 4.69) is 9.97 Å². The summed E-state index contributed by atoms with van der Waals surface area (Å²) >= 11 is 1.05. The summed E-state index contributed by atoms with van der Waals surface area (Å²) in [5.74, 6) is 0.819. The summed E-state index contributed by atoms with van der Waals surface area (Å²) in [4.78, 5) is 32.2. The van der Waals surface area contributed by atoms with Crippen LogP contribution in [0.1, 0.15) is 24.3 Å². The van der Waals surface area contributed by atoms with Crippen molar-refractivity contribution in [2.24, 2.45) is 0 Å². The van der Waals surface area contributed by atoms with Crippen molar-refractivity contribution in [2.45, 2.75) is 19.6 Å². The quantitative estimate of drug-likeness (QED) is 0.740. The van der Waals surface area contributed by atoms with Gasteiger partial charge in [0.25, 0.3) is 5.24 Å². The lowest BCUT2D eigenvalue weighted by atomic mass is 10.2. The number of thioether (sulfide) groups is 1. The van der Waals surface area contributed by atoms with E-state index in [-0.39, 0.29) is 23.0 Å². The van der Waals surface area contributed by atoms with Gasteiger partial charge in [0.1, 0.15) is 17.5 Å². The van der Waals surface area contributed by atoms with Gasteiger partial charge in [-0.05, 0) is 42.8 Å². The normalized spacial score (nSPS) is 15.7. The first kappa shape index (κ1) is 16.7. The van der Waals surface area contributed by atoms with Crippen molar-refractivity contribution in [1.82, 2.24) is 14.9 Å². The first-order chi connectivity index (χ1) is 12.6. The molecule has 4 rings (SSSR count). The highest BCUT2D eigenvalue weighted by Crippen LogP contribution is 2.25. The summed E-state index contributed by atoms with van der Waals surface area (Å²) in [6.07, 6.45) is 1.59. The second kappa shape index (κ2) is 6.84. The number of aromatic nitrogens is 2. The molecule has 6 nitrogen and oxygen atoms in total. The molecule has 2 amide bonds. The fraction of sp³-hybridized carbons (Fsp3) is 0.211. The SMILES string of the molecule is CC(Oc1ccc(CN2C(=O)CSC2=O)cc1)c1cc2cccnc2[nH]1. The Balaban J connectivity index is 1.43. The standard InChI is InChI=1S/C19H17N3O3S/c1-12(16-9-14-3-2-8-20-18(14)21-16)25-15-6-4-13(5-7-15)10-22-17(23)11-26-19(22)24/h2-9,12H,10-11H2,1H3,(H,20,21). The summed E-state index contributed by atoms with van der Waals surface area (Å²) in [6.45, 7) is 2.27. The van der Waals surface area contributed by atoms with Crippen molar-refractivity contribution in [2.75, 3.05) is 5.75 Å². The van der Waals surface area contributed by atoms with Crippen molar-refractivity contribution in [1.29, 1.82) is 0 Å². The van der Waals surface area contributed by atoms with E-state index < -0.39 is 0 Å². The van der Waals surface area contributed by atoms with Crippen LogP contribution in [0.25, 0.3) is 11.0 Å². The van der Waals surface area contributed by atoms with Gasteiger partial charge in [0.2, 0.25) is 5.91 Å². The number of amides is 2. The fourth-order valence-electron chi connectivity index (χ4n) is 2.86. The van der Waals surface area contributed by atoms with E-state index in [0.29, 0.717) is 6.54 Å². The highest BCUT2D eigenvalue weighted by Gasteiger charge is 2.29. The molecule has 1 N–H and O–H groups in total. The fourth-order valence-corrected chi connectivity index (χ4v) is 3.58. The van der Waals surface area contributed by atoms with E-state index in [9.17, 15) is 9.59 Å². The summed E-state index contributed by atoms with van der Waals surface area (Å²) in [5.41, 5.74) is 2.68. The summed E-state index contributed by atoms with van der Waals surface area (Å²) in [5, 5.41) is 0.863. The van der Waals surface area contributed by atoms with Crippen LogP contribution < -0.4 is 4.74 Å². The Kier molecular flexibility index (Phi) is 4.38. The number of ether oxygens (including phenoxy) is 1. The molecule has 0 radical (unpaired) electrons. The zero-order valence-electron chi connectivity index (χ0n) is 14.1. The van der Waals surface area contributed by atoms with Gasteiger partial charge in [-0.15, -0.1) is 0 Å². The number of imide groups is 1. The first-order valence-electron chi connectivity index (χ1n) is 8.26. The Morgan fingerprint density at radius 1 is 1.27 bits per heavy atom. The molecule has 1 aliphatic heterocycles. The van der Waals surface area contributed by atoms with Crippen LogP contribution in [0.5, 0.6) is 5.75 Å². The number of nitrogens with one attached hydrogen (secondary N) is 1. The highest BCUT2D eigenvalue weighted by atomic mass is 32.2. The van der Waals surface area contributed by atoms with Crippen LogP contribution in [0.4, 0.5) is 4.79 Å². The summed E-state index contributed by atoms with van der Waals surface area (Å²) in [7, 11) is 0. The average molecular weight is 367 g/mol. The van der Waals surface area contributed by atoms with Crippen LogP contribution in [0, 0.1) is 0 Å². The number of aromatic amines is 1. The van der Waals surface area contributed by atoms with E-state index in [4.69, 9.17) is 4.74 Å². The van der Waals surface area contributed by atoms with E-state index in [1.165, 1.54) is 4.90 Å². The van der Waals surface area contributed by atoms with Crippen molar-refractivity contribution in [3.05, 3.63) is 59.9 Å². The Morgan fingerprint density at radius 3 is 2.77 bits per heavy atom. The lowest BCUT2D eigenvalue weighted by Gasteiger charge is -2.15. The molecule has 1 saturated heterocycles. The molecule has 26 heavy (non-hydrogen) atoms. The Morgan fingerprint density at radius 2 is 2.08 bits per heavy atom. The zero-order chi connectivity index (χ0) is 18.1. The predicted molar refractivity (Wildman–Crippen MR) is 100.0 cm³/mol. The summed E-state index contributed by atoms with van der Waals surface area (Å²) in [6, 6.07) is 13.4. The molecule has 0 saturated carbocycles. The maximum absolute atomic E-state index is 11.7. The maximum Gasteiger partial charge on any atom is 0.289 e. The maximum atomic E-state index is 11.7.